The minimum Gasteiger partial charge on any atom is -0.323 e. The van der Waals surface area contributed by atoms with E-state index in [0.29, 0.717) is 5.16 Å². The Labute approximate surface area is 135 Å². The Bertz CT molecular complexity index is 720. The number of nitrogens with one attached hydrogen (secondary N) is 1. The highest BCUT2D eigenvalue weighted by Crippen LogP contribution is 2.25. The molecule has 0 aliphatic heterocycles. The van der Waals surface area contributed by atoms with Crippen molar-refractivity contribution in [1.29, 1.82) is 0 Å². The summed E-state index contributed by atoms with van der Waals surface area (Å²) in [6.07, 6.45) is 1.55. The normalized spacial score (nSPS) is 12.5. The van der Waals surface area contributed by atoms with Crippen LogP contribution in [0.25, 0.3) is 0 Å². The lowest BCUT2D eigenvalue weighted by Gasteiger charge is -2.14. The van der Waals surface area contributed by atoms with E-state index in [0.717, 1.165) is 23.9 Å². The van der Waals surface area contributed by atoms with E-state index in [1.54, 1.807) is 17.8 Å². The summed E-state index contributed by atoms with van der Waals surface area (Å²) in [6.45, 7) is 5.47. The Morgan fingerprint density at radius 2 is 1.91 bits per heavy atom. The van der Waals surface area contributed by atoms with Gasteiger partial charge in [0.05, 0.1) is 10.9 Å². The minimum absolute atomic E-state index is 0.117. The average molecular weight is 344 g/mol. The monoisotopic (exact) mass is 344 g/mol. The summed E-state index contributed by atoms with van der Waals surface area (Å²) in [5.74, 6) is -4.92. The van der Waals surface area contributed by atoms with Crippen LogP contribution in [0, 0.1) is 17.5 Å². The summed E-state index contributed by atoms with van der Waals surface area (Å²) < 4.78 is 41.4. The molecular weight excluding hydrogens is 329 g/mol. The summed E-state index contributed by atoms with van der Waals surface area (Å²) >= 11 is 1.13. The molecule has 0 saturated carbocycles. The second kappa shape index (κ2) is 7.03. The molecular formula is C14H15F3N4OS. The van der Waals surface area contributed by atoms with Crippen LogP contribution in [0.1, 0.15) is 26.8 Å². The van der Waals surface area contributed by atoms with Gasteiger partial charge in [0.15, 0.2) is 22.6 Å². The molecule has 0 spiro atoms. The number of carbonyl (C=O) groups is 1. The highest BCUT2D eigenvalue weighted by Gasteiger charge is 2.21. The SMILES string of the molecule is CC(C)n1cnnc1S[C@@H](C)C(=O)Nc1ccc(F)c(F)c1F. The second-order valence-corrected chi connectivity index (χ2v) is 6.39. The molecule has 0 fully saturated rings. The zero-order valence-corrected chi connectivity index (χ0v) is 13.5. The molecule has 1 N–H and O–H groups in total. The molecule has 1 aromatic carbocycles. The number of hydrogen-bond acceptors (Lipinski definition) is 4. The van der Waals surface area contributed by atoms with Gasteiger partial charge in [0, 0.05) is 6.04 Å². The number of anilines is 1. The first-order valence-electron chi connectivity index (χ1n) is 6.81. The van der Waals surface area contributed by atoms with Crippen LogP contribution < -0.4 is 5.32 Å². The number of amides is 1. The van der Waals surface area contributed by atoms with Crippen LogP contribution in [-0.2, 0) is 4.79 Å². The zero-order valence-electron chi connectivity index (χ0n) is 12.7. The summed E-state index contributed by atoms with van der Waals surface area (Å²) in [7, 11) is 0. The maximum atomic E-state index is 13.6. The molecule has 23 heavy (non-hydrogen) atoms. The van der Waals surface area contributed by atoms with Crippen LogP contribution in [0.3, 0.4) is 0 Å². The molecule has 9 heteroatoms. The molecule has 0 radical (unpaired) electrons. The fourth-order valence-electron chi connectivity index (χ4n) is 1.74. The van der Waals surface area contributed by atoms with Crippen molar-refractivity contribution in [3.05, 3.63) is 35.9 Å². The molecule has 0 aliphatic rings. The van der Waals surface area contributed by atoms with Gasteiger partial charge in [-0.15, -0.1) is 10.2 Å². The number of rotatable bonds is 5. The standard InChI is InChI=1S/C14H15F3N4OS/c1-7(2)21-6-18-20-14(21)23-8(3)13(22)19-10-5-4-9(15)11(16)12(10)17/h4-8H,1-3H3,(H,19,22)/t8-/m0/s1. The molecule has 0 bridgehead atoms. The van der Waals surface area contributed by atoms with Crippen molar-refractivity contribution >= 4 is 23.4 Å². The molecule has 124 valence electrons. The van der Waals surface area contributed by atoms with Crippen molar-refractivity contribution in [2.75, 3.05) is 5.32 Å². The molecule has 0 unspecified atom stereocenters. The summed E-state index contributed by atoms with van der Waals surface area (Å²) in [5, 5.41) is 9.85. The fourth-order valence-corrected chi connectivity index (χ4v) is 2.70. The fraction of sp³-hybridized carbons (Fsp3) is 0.357. The van der Waals surface area contributed by atoms with E-state index in [9.17, 15) is 18.0 Å². The smallest absolute Gasteiger partial charge is 0.237 e. The quantitative estimate of drug-likeness (QED) is 0.667. The first-order chi connectivity index (χ1) is 10.8. The van der Waals surface area contributed by atoms with E-state index in [4.69, 9.17) is 0 Å². The van der Waals surface area contributed by atoms with Gasteiger partial charge in [0.25, 0.3) is 0 Å². The largest absolute Gasteiger partial charge is 0.323 e. The van der Waals surface area contributed by atoms with E-state index in [1.807, 2.05) is 13.8 Å². The maximum absolute atomic E-state index is 13.6. The van der Waals surface area contributed by atoms with Crippen LogP contribution >= 0.6 is 11.8 Å². The number of halogens is 3. The third kappa shape index (κ3) is 3.84. The number of carbonyl (C=O) groups excluding carboxylic acids is 1. The van der Waals surface area contributed by atoms with Crippen molar-refractivity contribution in [2.24, 2.45) is 0 Å². The van der Waals surface area contributed by atoms with Crippen molar-refractivity contribution in [3.63, 3.8) is 0 Å². The van der Waals surface area contributed by atoms with Gasteiger partial charge < -0.3 is 9.88 Å². The Morgan fingerprint density at radius 3 is 2.57 bits per heavy atom. The highest BCUT2D eigenvalue weighted by molar-refractivity contribution is 8.00. The van der Waals surface area contributed by atoms with Gasteiger partial charge in [-0.3, -0.25) is 4.79 Å². The number of hydrogen-bond donors (Lipinski definition) is 1. The molecule has 0 aliphatic carbocycles. The number of aromatic nitrogens is 3. The lowest BCUT2D eigenvalue weighted by molar-refractivity contribution is -0.115. The van der Waals surface area contributed by atoms with E-state index in [-0.39, 0.29) is 6.04 Å². The van der Waals surface area contributed by atoms with Gasteiger partial charge in [-0.25, -0.2) is 13.2 Å². The van der Waals surface area contributed by atoms with Gasteiger partial charge in [-0.2, -0.15) is 0 Å². The molecule has 1 heterocycles. The van der Waals surface area contributed by atoms with Gasteiger partial charge >= 0.3 is 0 Å². The topological polar surface area (TPSA) is 59.8 Å². The molecule has 2 aromatic rings. The van der Waals surface area contributed by atoms with Gasteiger partial charge in [0.2, 0.25) is 5.91 Å². The van der Waals surface area contributed by atoms with Gasteiger partial charge in [-0.05, 0) is 32.9 Å². The van der Waals surface area contributed by atoms with Crippen molar-refractivity contribution in [1.82, 2.24) is 14.8 Å². The Balaban J connectivity index is 2.09. The zero-order chi connectivity index (χ0) is 17.1. The summed E-state index contributed by atoms with van der Waals surface area (Å²) in [6, 6.07) is 1.84. The lowest BCUT2D eigenvalue weighted by atomic mass is 10.2. The first kappa shape index (κ1) is 17.3. The number of benzene rings is 1. The van der Waals surface area contributed by atoms with Crippen LogP contribution in [0.5, 0.6) is 0 Å². The molecule has 5 nitrogen and oxygen atoms in total. The van der Waals surface area contributed by atoms with Crippen molar-refractivity contribution in [2.45, 2.75) is 37.2 Å². The third-order valence-electron chi connectivity index (χ3n) is 3.04. The van der Waals surface area contributed by atoms with Crippen LogP contribution in [0.2, 0.25) is 0 Å². The number of nitrogens with zero attached hydrogens (tertiary/aromatic N) is 3. The Kier molecular flexibility index (Phi) is 5.30. The molecule has 1 atom stereocenters. The van der Waals surface area contributed by atoms with Crippen LogP contribution in [0.4, 0.5) is 18.9 Å². The van der Waals surface area contributed by atoms with Crippen LogP contribution in [0.15, 0.2) is 23.6 Å². The predicted molar refractivity (Wildman–Crippen MR) is 80.7 cm³/mol. The van der Waals surface area contributed by atoms with E-state index < -0.39 is 34.3 Å². The average Bonchev–Trinajstić information content (AvgIpc) is 2.96. The number of thioether (sulfide) groups is 1. The van der Waals surface area contributed by atoms with Crippen molar-refractivity contribution in [3.8, 4) is 0 Å². The molecule has 1 aromatic heterocycles. The Hall–Kier alpha value is -2.03. The third-order valence-corrected chi connectivity index (χ3v) is 4.11. The van der Waals surface area contributed by atoms with Crippen molar-refractivity contribution < 1.29 is 18.0 Å². The minimum atomic E-state index is -1.62. The van der Waals surface area contributed by atoms with Gasteiger partial charge in [-0.1, -0.05) is 11.8 Å². The molecule has 1 amide bonds. The van der Waals surface area contributed by atoms with Crippen LogP contribution in [-0.4, -0.2) is 25.9 Å². The summed E-state index contributed by atoms with van der Waals surface area (Å²) in [4.78, 5) is 12.1. The first-order valence-corrected chi connectivity index (χ1v) is 7.69. The molecule has 0 saturated heterocycles. The maximum Gasteiger partial charge on any atom is 0.237 e. The van der Waals surface area contributed by atoms with Gasteiger partial charge in [0.1, 0.15) is 6.33 Å². The lowest BCUT2D eigenvalue weighted by Crippen LogP contribution is -2.24. The Morgan fingerprint density at radius 1 is 1.22 bits per heavy atom. The highest BCUT2D eigenvalue weighted by atomic mass is 32.2. The predicted octanol–water partition coefficient (Wildman–Crippen LogP) is 3.40. The van der Waals surface area contributed by atoms with E-state index in [1.165, 1.54) is 0 Å². The van der Waals surface area contributed by atoms with E-state index in [2.05, 4.69) is 15.5 Å². The molecule has 2 rings (SSSR count). The van der Waals surface area contributed by atoms with E-state index >= 15 is 0 Å². The summed E-state index contributed by atoms with van der Waals surface area (Å²) in [5.41, 5.74) is -0.410. The second-order valence-electron chi connectivity index (χ2n) is 5.09.